The largest absolute Gasteiger partial charge is 0.479 e. The Bertz CT molecular complexity index is 1960. The normalized spacial score (nSPS) is 12.7. The van der Waals surface area contributed by atoms with Crippen molar-refractivity contribution >= 4 is 50.0 Å². The number of carbonyl (C=O) groups is 1. The number of aromatic nitrogens is 4. The highest BCUT2D eigenvalue weighted by molar-refractivity contribution is 7.22. The van der Waals surface area contributed by atoms with Gasteiger partial charge in [0.25, 0.3) is 0 Å². The Morgan fingerprint density at radius 2 is 1.69 bits per heavy atom. The van der Waals surface area contributed by atoms with Crippen molar-refractivity contribution in [3.63, 3.8) is 0 Å². The SMILES string of the molecule is Cc1cc2nc(-c3ccc4c(c3)c(-c3ccncc3)nn4C)sc2c(-c2ccc(Cl)cc2)c1[C@H](OC(C)(C)C)C(=O)O. The molecule has 0 spiro atoms. The maximum Gasteiger partial charge on any atom is 0.337 e. The van der Waals surface area contributed by atoms with Crippen LogP contribution in [0.15, 0.2) is 73.1 Å². The van der Waals surface area contributed by atoms with Crippen molar-refractivity contribution in [3.8, 4) is 33.0 Å². The summed E-state index contributed by atoms with van der Waals surface area (Å²) in [5.41, 5.74) is 7.00. The molecule has 0 aliphatic carbocycles. The molecular weight excluding hydrogens is 568 g/mol. The van der Waals surface area contributed by atoms with E-state index in [0.29, 0.717) is 10.6 Å². The Hall–Kier alpha value is -4.11. The van der Waals surface area contributed by atoms with Crippen molar-refractivity contribution < 1.29 is 14.6 Å². The number of carboxylic acid groups (broad SMARTS) is 1. The minimum absolute atomic E-state index is 0.602. The summed E-state index contributed by atoms with van der Waals surface area (Å²) in [4.78, 5) is 21.8. The monoisotopic (exact) mass is 596 g/mol. The number of hydrogen-bond donors (Lipinski definition) is 1. The average molecular weight is 597 g/mol. The molecule has 0 saturated carbocycles. The van der Waals surface area contributed by atoms with Gasteiger partial charge in [0, 0.05) is 52.1 Å². The number of hydrogen-bond acceptors (Lipinski definition) is 6. The zero-order chi connectivity index (χ0) is 29.8. The Labute approximate surface area is 252 Å². The van der Waals surface area contributed by atoms with Crippen molar-refractivity contribution in [2.75, 3.05) is 0 Å². The third kappa shape index (κ3) is 5.17. The summed E-state index contributed by atoms with van der Waals surface area (Å²) >= 11 is 7.77. The van der Waals surface area contributed by atoms with Crippen molar-refractivity contribution in [1.82, 2.24) is 19.7 Å². The fourth-order valence-corrected chi connectivity index (χ4v) is 6.53. The van der Waals surface area contributed by atoms with Gasteiger partial charge in [-0.15, -0.1) is 11.3 Å². The van der Waals surface area contributed by atoms with Crippen LogP contribution in [0, 0.1) is 6.92 Å². The zero-order valence-electron chi connectivity index (χ0n) is 23.8. The first-order valence-electron chi connectivity index (χ1n) is 13.5. The number of rotatable bonds is 6. The highest BCUT2D eigenvalue weighted by Gasteiger charge is 2.32. The van der Waals surface area contributed by atoms with Gasteiger partial charge in [-0.25, -0.2) is 9.78 Å². The van der Waals surface area contributed by atoms with E-state index in [4.69, 9.17) is 26.4 Å². The van der Waals surface area contributed by atoms with Crippen molar-refractivity contribution in [3.05, 3.63) is 89.2 Å². The maximum absolute atomic E-state index is 12.6. The average Bonchev–Trinajstić information content (AvgIpc) is 3.52. The molecular formula is C33H29ClN4O3S. The van der Waals surface area contributed by atoms with Crippen LogP contribution in [0.4, 0.5) is 0 Å². The van der Waals surface area contributed by atoms with Crippen LogP contribution >= 0.6 is 22.9 Å². The number of aliphatic carboxylic acids is 1. The zero-order valence-corrected chi connectivity index (χ0v) is 25.4. The molecule has 0 fully saturated rings. The summed E-state index contributed by atoms with van der Waals surface area (Å²) in [6, 6.07) is 19.5. The first-order valence-corrected chi connectivity index (χ1v) is 14.7. The highest BCUT2D eigenvalue weighted by atomic mass is 35.5. The number of thiazole rings is 1. The Morgan fingerprint density at radius 1 is 1.00 bits per heavy atom. The van der Waals surface area contributed by atoms with Gasteiger partial charge < -0.3 is 9.84 Å². The molecule has 6 aromatic rings. The number of carboxylic acids is 1. The van der Waals surface area contributed by atoms with Crippen LogP contribution < -0.4 is 0 Å². The van der Waals surface area contributed by atoms with Gasteiger partial charge in [-0.05, 0) is 87.4 Å². The summed E-state index contributed by atoms with van der Waals surface area (Å²) < 4.78 is 8.91. The second-order valence-electron chi connectivity index (χ2n) is 11.2. The van der Waals surface area contributed by atoms with Crippen LogP contribution in [0.5, 0.6) is 0 Å². The Morgan fingerprint density at radius 3 is 2.36 bits per heavy atom. The lowest BCUT2D eigenvalue weighted by Gasteiger charge is -2.28. The van der Waals surface area contributed by atoms with E-state index in [9.17, 15) is 9.90 Å². The molecule has 0 unspecified atom stereocenters. The van der Waals surface area contributed by atoms with E-state index in [0.717, 1.165) is 59.6 Å². The number of nitrogens with zero attached hydrogens (tertiary/aromatic N) is 4. The molecule has 0 saturated heterocycles. The molecule has 0 aliphatic heterocycles. The van der Waals surface area contributed by atoms with Gasteiger partial charge in [0.15, 0.2) is 6.10 Å². The standard InChI is InChI=1S/C33H29ClN4O3S/c1-18-16-24-30(27(19-6-9-22(34)10-7-19)26(18)29(32(39)40)41-33(2,3)4)42-31(36-24)21-8-11-25-23(17-21)28(37-38(25)5)20-12-14-35-15-13-20/h6-17,29H,1-5H3,(H,39,40)/t29-/m0/s1. The smallest absolute Gasteiger partial charge is 0.337 e. The summed E-state index contributed by atoms with van der Waals surface area (Å²) in [5, 5.41) is 17.6. The Kier molecular flexibility index (Phi) is 7.09. The van der Waals surface area contributed by atoms with Crippen LogP contribution in [0.2, 0.25) is 5.02 Å². The molecule has 42 heavy (non-hydrogen) atoms. The number of fused-ring (bicyclic) bond motifs is 2. The van der Waals surface area contributed by atoms with Crippen LogP contribution in [-0.2, 0) is 16.6 Å². The van der Waals surface area contributed by atoms with Gasteiger partial charge in [0.05, 0.1) is 21.3 Å². The predicted molar refractivity (Wildman–Crippen MR) is 169 cm³/mol. The number of ether oxygens (including phenoxy) is 1. The van der Waals surface area contributed by atoms with E-state index < -0.39 is 17.7 Å². The molecule has 1 N–H and O–H groups in total. The molecule has 0 amide bonds. The van der Waals surface area contributed by atoms with E-state index in [2.05, 4.69) is 23.2 Å². The lowest BCUT2D eigenvalue weighted by atomic mass is 9.91. The summed E-state index contributed by atoms with van der Waals surface area (Å²) in [6.45, 7) is 7.49. The van der Waals surface area contributed by atoms with E-state index in [-0.39, 0.29) is 0 Å². The second kappa shape index (κ2) is 10.6. The minimum Gasteiger partial charge on any atom is -0.479 e. The topological polar surface area (TPSA) is 90.1 Å². The minimum atomic E-state index is -1.17. The number of halogens is 1. The number of benzene rings is 3. The van der Waals surface area contributed by atoms with Crippen LogP contribution in [-0.4, -0.2) is 36.4 Å². The lowest BCUT2D eigenvalue weighted by Crippen LogP contribution is -2.28. The molecule has 3 aromatic carbocycles. The molecule has 6 rings (SSSR count). The van der Waals surface area contributed by atoms with Gasteiger partial charge in [-0.2, -0.15) is 5.10 Å². The first-order chi connectivity index (χ1) is 20.0. The lowest BCUT2D eigenvalue weighted by molar-refractivity contribution is -0.160. The van der Waals surface area contributed by atoms with Crippen molar-refractivity contribution in [2.24, 2.45) is 7.05 Å². The molecule has 1 atom stereocenters. The fourth-order valence-electron chi connectivity index (χ4n) is 5.28. The first kappa shape index (κ1) is 28.0. The summed E-state index contributed by atoms with van der Waals surface area (Å²) in [5.74, 6) is -1.04. The van der Waals surface area contributed by atoms with Gasteiger partial charge >= 0.3 is 5.97 Å². The van der Waals surface area contributed by atoms with Crippen LogP contribution in [0.1, 0.15) is 38.0 Å². The molecule has 0 aliphatic rings. The quantitative estimate of drug-likeness (QED) is 0.207. The summed E-state index contributed by atoms with van der Waals surface area (Å²) in [7, 11) is 1.94. The van der Waals surface area contributed by atoms with Crippen LogP contribution in [0.25, 0.3) is 54.1 Å². The van der Waals surface area contributed by atoms with Gasteiger partial charge in [-0.3, -0.25) is 9.67 Å². The Balaban J connectivity index is 1.59. The van der Waals surface area contributed by atoms with Crippen molar-refractivity contribution in [2.45, 2.75) is 39.4 Å². The van der Waals surface area contributed by atoms with Gasteiger partial charge in [-0.1, -0.05) is 23.7 Å². The van der Waals surface area contributed by atoms with E-state index in [1.165, 1.54) is 11.3 Å². The molecule has 3 heterocycles. The third-order valence-electron chi connectivity index (χ3n) is 7.07. The molecule has 7 nitrogen and oxygen atoms in total. The fraction of sp³-hybridized carbons (Fsp3) is 0.212. The molecule has 9 heteroatoms. The molecule has 3 aromatic heterocycles. The highest BCUT2D eigenvalue weighted by Crippen LogP contribution is 2.45. The third-order valence-corrected chi connectivity index (χ3v) is 8.46. The van der Waals surface area contributed by atoms with Crippen molar-refractivity contribution in [1.29, 1.82) is 0 Å². The number of aryl methyl sites for hydroxylation is 2. The summed E-state index contributed by atoms with van der Waals surface area (Å²) in [6.07, 6.45) is 2.36. The molecule has 212 valence electrons. The van der Waals surface area contributed by atoms with Gasteiger partial charge in [0.1, 0.15) is 10.7 Å². The van der Waals surface area contributed by atoms with E-state index in [1.54, 1.807) is 12.4 Å². The van der Waals surface area contributed by atoms with E-state index in [1.807, 2.05) is 81.9 Å². The van der Waals surface area contributed by atoms with Gasteiger partial charge in [0.2, 0.25) is 0 Å². The second-order valence-corrected chi connectivity index (χ2v) is 12.7. The predicted octanol–water partition coefficient (Wildman–Crippen LogP) is 8.48. The number of pyridine rings is 1. The van der Waals surface area contributed by atoms with Crippen LogP contribution in [0.3, 0.4) is 0 Å². The molecule has 0 bridgehead atoms. The molecule has 0 radical (unpaired) electrons. The van der Waals surface area contributed by atoms with E-state index >= 15 is 0 Å². The maximum atomic E-state index is 12.6.